The van der Waals surface area contributed by atoms with Crippen molar-refractivity contribution < 1.29 is 5.11 Å². The third-order valence-corrected chi connectivity index (χ3v) is 2.59. The lowest BCUT2D eigenvalue weighted by Crippen LogP contribution is -1.97. The fraction of sp³-hybridized carbons (Fsp3) is 0.333. The van der Waals surface area contributed by atoms with Gasteiger partial charge in [-0.15, -0.1) is 0 Å². The number of aryl methyl sites for hydroxylation is 2. The van der Waals surface area contributed by atoms with E-state index in [4.69, 9.17) is 5.11 Å². The van der Waals surface area contributed by atoms with Crippen LogP contribution in [-0.2, 0) is 6.54 Å². The summed E-state index contributed by atoms with van der Waals surface area (Å²) in [7, 11) is 0. The van der Waals surface area contributed by atoms with Gasteiger partial charge in [-0.2, -0.15) is 0 Å². The van der Waals surface area contributed by atoms with E-state index < -0.39 is 0 Å². The van der Waals surface area contributed by atoms with Crippen LogP contribution in [0.25, 0.3) is 10.9 Å². The first kappa shape index (κ1) is 9.28. The summed E-state index contributed by atoms with van der Waals surface area (Å²) in [6.07, 6.45) is 2.91. The zero-order valence-corrected chi connectivity index (χ0v) is 8.40. The minimum atomic E-state index is 0.255. The summed E-state index contributed by atoms with van der Waals surface area (Å²) in [5.74, 6) is 0. The van der Waals surface area contributed by atoms with Gasteiger partial charge in [-0.3, -0.25) is 0 Å². The Morgan fingerprint density at radius 1 is 1.29 bits per heavy atom. The van der Waals surface area contributed by atoms with Gasteiger partial charge < -0.3 is 9.67 Å². The third kappa shape index (κ3) is 1.53. The second-order valence-electron chi connectivity index (χ2n) is 3.59. The fourth-order valence-electron chi connectivity index (χ4n) is 1.81. The van der Waals surface area contributed by atoms with E-state index in [9.17, 15) is 0 Å². The predicted octanol–water partition coefficient (Wildman–Crippen LogP) is 2.33. The molecule has 0 atom stereocenters. The van der Waals surface area contributed by atoms with E-state index in [0.29, 0.717) is 0 Å². The summed E-state index contributed by atoms with van der Waals surface area (Å²) in [6, 6.07) is 8.47. The summed E-state index contributed by atoms with van der Waals surface area (Å²) < 4.78 is 2.19. The van der Waals surface area contributed by atoms with E-state index >= 15 is 0 Å². The molecule has 1 N–H and O–H groups in total. The Morgan fingerprint density at radius 3 is 2.93 bits per heavy atom. The highest BCUT2D eigenvalue weighted by Crippen LogP contribution is 2.19. The summed E-state index contributed by atoms with van der Waals surface area (Å²) in [6.45, 7) is 3.27. The van der Waals surface area contributed by atoms with Crippen molar-refractivity contribution in [3.05, 3.63) is 36.0 Å². The molecular formula is C12H15NO. The zero-order valence-electron chi connectivity index (χ0n) is 8.40. The Kier molecular flexibility index (Phi) is 2.55. The van der Waals surface area contributed by atoms with Crippen LogP contribution in [0.1, 0.15) is 12.0 Å². The molecule has 2 aromatic rings. The Morgan fingerprint density at radius 2 is 2.14 bits per heavy atom. The molecule has 0 saturated heterocycles. The lowest BCUT2D eigenvalue weighted by atomic mass is 10.1. The molecule has 0 unspecified atom stereocenters. The number of hydrogen-bond acceptors (Lipinski definition) is 1. The van der Waals surface area contributed by atoms with Gasteiger partial charge in [0.2, 0.25) is 0 Å². The van der Waals surface area contributed by atoms with E-state index in [0.717, 1.165) is 13.0 Å². The molecular weight excluding hydrogens is 174 g/mol. The number of benzene rings is 1. The van der Waals surface area contributed by atoms with Crippen LogP contribution < -0.4 is 0 Å². The topological polar surface area (TPSA) is 25.2 Å². The van der Waals surface area contributed by atoms with Gasteiger partial charge in [-0.25, -0.2) is 0 Å². The van der Waals surface area contributed by atoms with Gasteiger partial charge in [0.05, 0.1) is 0 Å². The zero-order chi connectivity index (χ0) is 9.97. The van der Waals surface area contributed by atoms with Crippen molar-refractivity contribution in [3.63, 3.8) is 0 Å². The molecule has 0 spiro atoms. The highest BCUT2D eigenvalue weighted by Gasteiger charge is 2.01. The van der Waals surface area contributed by atoms with Crippen LogP contribution in [0.4, 0.5) is 0 Å². The number of fused-ring (bicyclic) bond motifs is 1. The normalized spacial score (nSPS) is 11.0. The summed E-state index contributed by atoms with van der Waals surface area (Å²) in [4.78, 5) is 0. The van der Waals surface area contributed by atoms with Crippen molar-refractivity contribution in [1.82, 2.24) is 4.57 Å². The number of aliphatic hydroxyl groups excluding tert-OH is 1. The molecule has 0 saturated carbocycles. The maximum absolute atomic E-state index is 8.78. The van der Waals surface area contributed by atoms with Crippen molar-refractivity contribution in [2.45, 2.75) is 19.9 Å². The molecule has 0 amide bonds. The molecule has 2 rings (SSSR count). The molecule has 0 aliphatic heterocycles. The maximum Gasteiger partial charge on any atom is 0.0482 e. The minimum absolute atomic E-state index is 0.255. The lowest BCUT2D eigenvalue weighted by molar-refractivity contribution is 0.280. The Labute approximate surface area is 83.8 Å². The molecule has 2 nitrogen and oxygen atoms in total. The minimum Gasteiger partial charge on any atom is -0.396 e. The standard InChI is InChI=1S/C12H15NO/c1-10-4-2-5-12-11(10)6-8-13(12)7-3-9-14/h2,4-6,8,14H,3,7,9H2,1H3. The predicted molar refractivity (Wildman–Crippen MR) is 58.4 cm³/mol. The van der Waals surface area contributed by atoms with Crippen LogP contribution in [-0.4, -0.2) is 16.3 Å². The third-order valence-electron chi connectivity index (χ3n) is 2.59. The Hall–Kier alpha value is -1.28. The SMILES string of the molecule is Cc1cccc2c1ccn2CCCO. The van der Waals surface area contributed by atoms with E-state index in [-0.39, 0.29) is 6.61 Å². The van der Waals surface area contributed by atoms with Crippen LogP contribution in [0.5, 0.6) is 0 Å². The van der Waals surface area contributed by atoms with Gasteiger partial charge in [0.15, 0.2) is 0 Å². The maximum atomic E-state index is 8.78. The number of rotatable bonds is 3. The Bertz CT molecular complexity index is 431. The Balaban J connectivity index is 2.42. The second-order valence-corrected chi connectivity index (χ2v) is 3.59. The molecule has 1 heterocycles. The molecule has 0 aliphatic rings. The van der Waals surface area contributed by atoms with Crippen LogP contribution in [0, 0.1) is 6.92 Å². The smallest absolute Gasteiger partial charge is 0.0482 e. The van der Waals surface area contributed by atoms with Crippen molar-refractivity contribution in [1.29, 1.82) is 0 Å². The van der Waals surface area contributed by atoms with Crippen molar-refractivity contribution >= 4 is 10.9 Å². The molecule has 0 aliphatic carbocycles. The first-order valence-corrected chi connectivity index (χ1v) is 4.98. The fourth-order valence-corrected chi connectivity index (χ4v) is 1.81. The van der Waals surface area contributed by atoms with Gasteiger partial charge in [0, 0.05) is 30.3 Å². The molecule has 2 heteroatoms. The summed E-state index contributed by atoms with van der Waals surface area (Å²) in [5, 5.41) is 10.1. The molecule has 0 fully saturated rings. The van der Waals surface area contributed by atoms with Gasteiger partial charge in [-0.1, -0.05) is 12.1 Å². The number of aliphatic hydroxyl groups is 1. The van der Waals surface area contributed by atoms with E-state index in [1.54, 1.807) is 0 Å². The largest absolute Gasteiger partial charge is 0.396 e. The lowest BCUT2D eigenvalue weighted by Gasteiger charge is -2.04. The van der Waals surface area contributed by atoms with Gasteiger partial charge in [-0.05, 0) is 31.0 Å². The average molecular weight is 189 g/mol. The van der Waals surface area contributed by atoms with Gasteiger partial charge in [0.25, 0.3) is 0 Å². The summed E-state index contributed by atoms with van der Waals surface area (Å²) in [5.41, 5.74) is 2.57. The van der Waals surface area contributed by atoms with E-state index in [2.05, 4.69) is 42.0 Å². The second kappa shape index (κ2) is 3.84. The van der Waals surface area contributed by atoms with E-state index in [1.807, 2.05) is 0 Å². The monoisotopic (exact) mass is 189 g/mol. The number of hydrogen-bond donors (Lipinski definition) is 1. The number of aromatic nitrogens is 1. The van der Waals surface area contributed by atoms with Gasteiger partial charge in [0.1, 0.15) is 0 Å². The summed E-state index contributed by atoms with van der Waals surface area (Å²) >= 11 is 0. The number of nitrogens with zero attached hydrogens (tertiary/aromatic N) is 1. The van der Waals surface area contributed by atoms with Crippen LogP contribution in [0.3, 0.4) is 0 Å². The quantitative estimate of drug-likeness (QED) is 0.787. The molecule has 74 valence electrons. The van der Waals surface area contributed by atoms with Gasteiger partial charge >= 0.3 is 0 Å². The molecule has 1 aromatic carbocycles. The molecule has 0 radical (unpaired) electrons. The van der Waals surface area contributed by atoms with Crippen molar-refractivity contribution in [2.75, 3.05) is 6.61 Å². The first-order valence-electron chi connectivity index (χ1n) is 4.98. The van der Waals surface area contributed by atoms with Crippen LogP contribution in [0.2, 0.25) is 0 Å². The van der Waals surface area contributed by atoms with Crippen molar-refractivity contribution in [2.24, 2.45) is 0 Å². The highest BCUT2D eigenvalue weighted by molar-refractivity contribution is 5.83. The first-order chi connectivity index (χ1) is 6.83. The molecule has 0 bridgehead atoms. The average Bonchev–Trinajstić information content (AvgIpc) is 2.60. The van der Waals surface area contributed by atoms with Crippen LogP contribution >= 0.6 is 0 Å². The van der Waals surface area contributed by atoms with Crippen molar-refractivity contribution in [3.8, 4) is 0 Å². The van der Waals surface area contributed by atoms with E-state index in [1.165, 1.54) is 16.5 Å². The van der Waals surface area contributed by atoms with Crippen LogP contribution in [0.15, 0.2) is 30.5 Å². The molecule has 14 heavy (non-hydrogen) atoms. The highest BCUT2D eigenvalue weighted by atomic mass is 16.3. The molecule has 1 aromatic heterocycles.